The van der Waals surface area contributed by atoms with Gasteiger partial charge in [-0.1, -0.05) is 13.8 Å². The summed E-state index contributed by atoms with van der Waals surface area (Å²) in [5.74, 6) is 0.457. The number of esters is 1. The zero-order valence-electron chi connectivity index (χ0n) is 13.2. The minimum absolute atomic E-state index is 0.0353. The molecule has 2 rings (SSSR count). The van der Waals surface area contributed by atoms with E-state index in [0.717, 1.165) is 19.5 Å². The fraction of sp³-hybridized carbons (Fsp3) is 0.562. The third-order valence-electron chi connectivity index (χ3n) is 3.89. The molecule has 1 aliphatic rings. The van der Waals surface area contributed by atoms with Crippen molar-refractivity contribution in [1.29, 1.82) is 0 Å². The number of benzene rings is 1. The first kappa shape index (κ1) is 16.3. The Morgan fingerprint density at radius 2 is 2.00 bits per heavy atom. The molecule has 2 atom stereocenters. The first-order valence-corrected chi connectivity index (χ1v) is 7.62. The molecule has 0 aliphatic carbocycles. The zero-order chi connectivity index (χ0) is 16.3. The van der Waals surface area contributed by atoms with Crippen molar-refractivity contribution in [3.63, 3.8) is 0 Å². The molecule has 22 heavy (non-hydrogen) atoms. The Bertz CT molecular complexity index is 563. The Balaban J connectivity index is 2.35. The Morgan fingerprint density at radius 1 is 1.36 bits per heavy atom. The third kappa shape index (κ3) is 3.55. The van der Waals surface area contributed by atoms with Crippen LogP contribution in [0.5, 0.6) is 0 Å². The van der Waals surface area contributed by atoms with Crippen LogP contribution in [0, 0.1) is 22.0 Å². The van der Waals surface area contributed by atoms with Crippen LogP contribution in [0.2, 0.25) is 0 Å². The van der Waals surface area contributed by atoms with Crippen molar-refractivity contribution < 1.29 is 14.5 Å². The Hall–Kier alpha value is -2.11. The minimum atomic E-state index is -0.530. The summed E-state index contributed by atoms with van der Waals surface area (Å²) < 4.78 is 4.91. The quantitative estimate of drug-likeness (QED) is 0.485. The number of ether oxygens (including phenoxy) is 1. The predicted molar refractivity (Wildman–Crippen MR) is 84.2 cm³/mol. The lowest BCUT2D eigenvalue weighted by Gasteiger charge is -2.36. The SMILES string of the molecule is CCOC(=O)c1ccc(N2C[C@H](C)C[C@@H](C)C2)c([N+](=O)[O-])c1. The van der Waals surface area contributed by atoms with E-state index in [0.29, 0.717) is 17.5 Å². The summed E-state index contributed by atoms with van der Waals surface area (Å²) >= 11 is 0. The number of nitrogens with zero attached hydrogens (tertiary/aromatic N) is 2. The van der Waals surface area contributed by atoms with E-state index in [1.807, 2.05) is 4.90 Å². The fourth-order valence-corrected chi connectivity index (χ4v) is 3.14. The van der Waals surface area contributed by atoms with E-state index < -0.39 is 10.9 Å². The van der Waals surface area contributed by atoms with Crippen molar-refractivity contribution in [2.24, 2.45) is 11.8 Å². The summed E-state index contributed by atoms with van der Waals surface area (Å²) in [6, 6.07) is 4.58. The molecule has 0 spiro atoms. The van der Waals surface area contributed by atoms with Crippen LogP contribution in [-0.2, 0) is 4.74 Å². The molecule has 0 radical (unpaired) electrons. The molecule has 0 bridgehead atoms. The second kappa shape index (κ2) is 6.77. The number of hydrogen-bond acceptors (Lipinski definition) is 5. The van der Waals surface area contributed by atoms with Crippen LogP contribution < -0.4 is 4.90 Å². The van der Waals surface area contributed by atoms with Crippen LogP contribution in [0.1, 0.15) is 37.6 Å². The number of hydrogen-bond donors (Lipinski definition) is 0. The number of carbonyl (C=O) groups excluding carboxylic acids is 1. The second-order valence-corrected chi connectivity index (χ2v) is 6.03. The molecule has 1 aliphatic heterocycles. The summed E-state index contributed by atoms with van der Waals surface area (Å²) in [6.45, 7) is 7.85. The highest BCUT2D eigenvalue weighted by Gasteiger charge is 2.28. The number of nitro groups is 1. The molecule has 1 heterocycles. The molecule has 1 fully saturated rings. The molecule has 0 amide bonds. The lowest BCUT2D eigenvalue weighted by molar-refractivity contribution is -0.384. The number of anilines is 1. The van der Waals surface area contributed by atoms with E-state index in [9.17, 15) is 14.9 Å². The van der Waals surface area contributed by atoms with Crippen LogP contribution in [0.25, 0.3) is 0 Å². The summed E-state index contributed by atoms with van der Waals surface area (Å²) in [5, 5.41) is 11.4. The van der Waals surface area contributed by atoms with Gasteiger partial charge in [-0.3, -0.25) is 10.1 Å². The first-order valence-electron chi connectivity index (χ1n) is 7.62. The van der Waals surface area contributed by atoms with Gasteiger partial charge in [0.1, 0.15) is 5.69 Å². The van der Waals surface area contributed by atoms with Gasteiger partial charge in [-0.25, -0.2) is 4.79 Å². The predicted octanol–water partition coefficient (Wildman–Crippen LogP) is 3.25. The van der Waals surface area contributed by atoms with Crippen LogP contribution in [0.15, 0.2) is 18.2 Å². The lowest BCUT2D eigenvalue weighted by Crippen LogP contribution is -2.39. The van der Waals surface area contributed by atoms with Crippen molar-refractivity contribution in [1.82, 2.24) is 0 Å². The number of rotatable bonds is 4. The zero-order valence-corrected chi connectivity index (χ0v) is 13.2. The molecule has 0 unspecified atom stereocenters. The van der Waals surface area contributed by atoms with E-state index in [1.54, 1.807) is 19.1 Å². The minimum Gasteiger partial charge on any atom is -0.462 e. The third-order valence-corrected chi connectivity index (χ3v) is 3.89. The first-order chi connectivity index (χ1) is 10.4. The maximum Gasteiger partial charge on any atom is 0.338 e. The second-order valence-electron chi connectivity index (χ2n) is 6.03. The van der Waals surface area contributed by atoms with E-state index >= 15 is 0 Å². The topological polar surface area (TPSA) is 72.7 Å². The Labute approximate surface area is 130 Å². The van der Waals surface area contributed by atoms with Crippen LogP contribution in [0.4, 0.5) is 11.4 Å². The molecule has 0 N–H and O–H groups in total. The number of piperidine rings is 1. The highest BCUT2D eigenvalue weighted by atomic mass is 16.6. The van der Waals surface area contributed by atoms with Gasteiger partial charge in [0.25, 0.3) is 5.69 Å². The molecule has 1 aromatic rings. The normalized spacial score (nSPS) is 21.5. The van der Waals surface area contributed by atoms with Crippen molar-refractivity contribution in [3.05, 3.63) is 33.9 Å². The molecule has 1 saturated heterocycles. The van der Waals surface area contributed by atoms with Crippen LogP contribution >= 0.6 is 0 Å². The van der Waals surface area contributed by atoms with Crippen LogP contribution in [0.3, 0.4) is 0 Å². The van der Waals surface area contributed by atoms with Crippen molar-refractivity contribution in [3.8, 4) is 0 Å². The summed E-state index contributed by atoms with van der Waals surface area (Å²) in [6.07, 6.45) is 1.13. The molecule has 0 saturated carbocycles. The average molecular weight is 306 g/mol. The Morgan fingerprint density at radius 3 is 2.55 bits per heavy atom. The van der Waals surface area contributed by atoms with Crippen molar-refractivity contribution >= 4 is 17.3 Å². The number of nitro benzene ring substituents is 1. The van der Waals surface area contributed by atoms with Gasteiger partial charge in [0.2, 0.25) is 0 Å². The number of carbonyl (C=O) groups is 1. The monoisotopic (exact) mass is 306 g/mol. The molecule has 6 heteroatoms. The summed E-state index contributed by atoms with van der Waals surface area (Å²) in [5.41, 5.74) is 0.763. The summed E-state index contributed by atoms with van der Waals surface area (Å²) in [4.78, 5) is 24.8. The van der Waals surface area contributed by atoms with Crippen molar-refractivity contribution in [2.45, 2.75) is 27.2 Å². The highest BCUT2D eigenvalue weighted by Crippen LogP contribution is 2.33. The molecule has 1 aromatic carbocycles. The van der Waals surface area contributed by atoms with Gasteiger partial charge >= 0.3 is 5.97 Å². The van der Waals surface area contributed by atoms with Gasteiger partial charge < -0.3 is 9.64 Å². The van der Waals surface area contributed by atoms with Gasteiger partial charge in [-0.2, -0.15) is 0 Å². The van der Waals surface area contributed by atoms with E-state index in [-0.39, 0.29) is 17.9 Å². The fourth-order valence-electron chi connectivity index (χ4n) is 3.14. The smallest absolute Gasteiger partial charge is 0.338 e. The van der Waals surface area contributed by atoms with Gasteiger partial charge in [0.15, 0.2) is 0 Å². The molecular weight excluding hydrogens is 284 g/mol. The van der Waals surface area contributed by atoms with Gasteiger partial charge in [-0.05, 0) is 37.3 Å². The highest BCUT2D eigenvalue weighted by molar-refractivity contribution is 5.91. The standard InChI is InChI=1S/C16H22N2O4/c1-4-22-16(19)13-5-6-14(15(8-13)18(20)21)17-9-11(2)7-12(3)10-17/h5-6,8,11-12H,4,7,9-10H2,1-3H3/t11-,12-/m1/s1. The van der Waals surface area contributed by atoms with E-state index in [4.69, 9.17) is 4.74 Å². The van der Waals surface area contributed by atoms with Crippen LogP contribution in [-0.4, -0.2) is 30.6 Å². The molecule has 6 nitrogen and oxygen atoms in total. The largest absolute Gasteiger partial charge is 0.462 e. The maximum absolute atomic E-state index is 11.8. The van der Waals surface area contributed by atoms with Crippen molar-refractivity contribution in [2.75, 3.05) is 24.6 Å². The van der Waals surface area contributed by atoms with Gasteiger partial charge in [-0.15, -0.1) is 0 Å². The molecular formula is C16H22N2O4. The molecule has 0 aromatic heterocycles. The summed E-state index contributed by atoms with van der Waals surface area (Å²) in [7, 11) is 0. The van der Waals surface area contributed by atoms with Gasteiger partial charge in [0, 0.05) is 19.2 Å². The van der Waals surface area contributed by atoms with E-state index in [2.05, 4.69) is 13.8 Å². The van der Waals surface area contributed by atoms with E-state index in [1.165, 1.54) is 6.07 Å². The lowest BCUT2D eigenvalue weighted by atomic mass is 9.91. The molecule has 120 valence electrons. The Kier molecular flexibility index (Phi) is 5.00. The average Bonchev–Trinajstić information content (AvgIpc) is 2.45. The van der Waals surface area contributed by atoms with Gasteiger partial charge in [0.05, 0.1) is 17.1 Å². The maximum atomic E-state index is 11.8.